The number of piperidine rings is 3. The first-order valence-corrected chi connectivity index (χ1v) is 18.6. The number of fused-ring (bicyclic) bond motifs is 4. The molecule has 4 heteroatoms. The monoisotopic (exact) mass is 591 g/mol. The lowest BCUT2D eigenvalue weighted by Crippen LogP contribution is -2.43. The molecule has 0 N–H and O–H groups in total. The van der Waals surface area contributed by atoms with E-state index in [2.05, 4.69) is 75.0 Å². The van der Waals surface area contributed by atoms with Gasteiger partial charge in [0, 0.05) is 49.3 Å². The van der Waals surface area contributed by atoms with Gasteiger partial charge in [-0.2, -0.15) is 0 Å². The zero-order valence-electron chi connectivity index (χ0n) is 29.3. The van der Waals surface area contributed by atoms with Crippen LogP contribution in [-0.4, -0.2) is 95.1 Å². The summed E-state index contributed by atoms with van der Waals surface area (Å²) in [5.74, 6) is 2.10. The Kier molecular flexibility index (Phi) is 18.2. The fourth-order valence-electron chi connectivity index (χ4n) is 8.72. The topological polar surface area (TPSA) is 13.0 Å². The molecule has 250 valence electrons. The van der Waals surface area contributed by atoms with Gasteiger partial charge in [-0.05, 0) is 164 Å². The summed E-state index contributed by atoms with van der Waals surface area (Å²) in [5.41, 5.74) is 0. The maximum Gasteiger partial charge on any atom is 0.0101 e. The van der Waals surface area contributed by atoms with Crippen LogP contribution in [0.4, 0.5) is 0 Å². The second kappa shape index (κ2) is 20.1. The molecular formula is C38H78N4. The Hall–Kier alpha value is -0.160. The van der Waals surface area contributed by atoms with Crippen LogP contribution in [0.1, 0.15) is 159 Å². The molecule has 42 heavy (non-hydrogen) atoms. The summed E-state index contributed by atoms with van der Waals surface area (Å²) in [6.07, 6.45) is 21.9. The standard InChI is InChI=1S/2C10H19N.C9H19N.C8H17N.CH4/c1-8(2)11-6-9-3-4-10(5-9)7-11;1-8(2)11-9-4-3-5-10(11)7-6-9;1-9(2)10-7-5-3-4-6-8-10;1-8(2)9-6-4-3-5-7-9;/h2*8-10H,3-7H2,1-2H3;9H,3-8H2,1-2H3;8H,3-7H2,1-2H3;1H4. The van der Waals surface area contributed by atoms with E-state index in [0.29, 0.717) is 0 Å². The van der Waals surface area contributed by atoms with Crippen LogP contribution in [0, 0.1) is 11.8 Å². The van der Waals surface area contributed by atoms with Crippen molar-refractivity contribution in [2.45, 2.75) is 195 Å². The van der Waals surface area contributed by atoms with Crippen molar-refractivity contribution < 1.29 is 0 Å². The van der Waals surface area contributed by atoms with Gasteiger partial charge in [0.25, 0.3) is 0 Å². The van der Waals surface area contributed by atoms with Gasteiger partial charge in [-0.25, -0.2) is 0 Å². The average molecular weight is 591 g/mol. The lowest BCUT2D eigenvalue weighted by atomic mass is 9.98. The van der Waals surface area contributed by atoms with E-state index in [9.17, 15) is 0 Å². The molecule has 4 bridgehead atoms. The van der Waals surface area contributed by atoms with Crippen molar-refractivity contribution in [2.24, 2.45) is 11.8 Å². The van der Waals surface area contributed by atoms with Gasteiger partial charge in [0.1, 0.15) is 0 Å². The minimum atomic E-state index is 0. The molecule has 1 saturated carbocycles. The summed E-state index contributed by atoms with van der Waals surface area (Å²) in [5, 5.41) is 0. The van der Waals surface area contributed by atoms with Crippen molar-refractivity contribution in [1.82, 2.24) is 19.6 Å². The maximum absolute atomic E-state index is 2.75. The van der Waals surface area contributed by atoms with Crippen LogP contribution in [-0.2, 0) is 0 Å². The van der Waals surface area contributed by atoms with E-state index in [0.717, 1.165) is 48.1 Å². The SMILES string of the molecule is C.CC(C)N1C2CCCC1CC2.CC(C)N1CC2CCC(C2)C1.CC(C)N1CCCCC1.CC(C)N1CCCCCC1. The summed E-state index contributed by atoms with van der Waals surface area (Å²) in [4.78, 5) is 10.6. The van der Waals surface area contributed by atoms with Gasteiger partial charge in [-0.1, -0.05) is 33.1 Å². The van der Waals surface area contributed by atoms with Crippen LogP contribution in [0.3, 0.4) is 0 Å². The van der Waals surface area contributed by atoms with Crippen molar-refractivity contribution >= 4 is 0 Å². The largest absolute Gasteiger partial charge is 0.301 e. The molecule has 6 aliphatic rings. The minimum absolute atomic E-state index is 0. The van der Waals surface area contributed by atoms with Gasteiger partial charge < -0.3 is 14.7 Å². The van der Waals surface area contributed by atoms with Crippen molar-refractivity contribution in [3.63, 3.8) is 0 Å². The fraction of sp³-hybridized carbons (Fsp3) is 1.00. The number of rotatable bonds is 4. The Morgan fingerprint density at radius 1 is 0.405 bits per heavy atom. The molecule has 0 radical (unpaired) electrons. The molecule has 0 aromatic rings. The molecule has 5 heterocycles. The highest BCUT2D eigenvalue weighted by atomic mass is 15.2. The number of likely N-dealkylation sites (tertiary alicyclic amines) is 3. The first-order chi connectivity index (χ1) is 19.7. The zero-order chi connectivity index (χ0) is 29.8. The minimum Gasteiger partial charge on any atom is -0.301 e. The Morgan fingerprint density at radius 2 is 0.786 bits per heavy atom. The third-order valence-electron chi connectivity index (χ3n) is 11.2. The molecule has 5 saturated heterocycles. The zero-order valence-corrected chi connectivity index (χ0v) is 29.3. The third-order valence-corrected chi connectivity index (χ3v) is 11.2. The fourth-order valence-corrected chi connectivity index (χ4v) is 8.72. The molecule has 4 unspecified atom stereocenters. The van der Waals surface area contributed by atoms with Gasteiger partial charge in [-0.3, -0.25) is 4.90 Å². The molecule has 0 amide bonds. The molecule has 6 fully saturated rings. The second-order valence-corrected chi connectivity index (χ2v) is 15.7. The van der Waals surface area contributed by atoms with Gasteiger partial charge >= 0.3 is 0 Å². The normalized spacial score (nSPS) is 30.6. The van der Waals surface area contributed by atoms with Crippen molar-refractivity contribution in [3.05, 3.63) is 0 Å². The molecule has 0 spiro atoms. The summed E-state index contributed by atoms with van der Waals surface area (Å²) in [6.45, 7) is 26.6. The molecular weight excluding hydrogens is 512 g/mol. The Balaban J connectivity index is 0.000000195. The molecule has 6 rings (SSSR count). The predicted molar refractivity (Wildman–Crippen MR) is 188 cm³/mol. The summed E-state index contributed by atoms with van der Waals surface area (Å²) in [6, 6.07) is 5.00. The molecule has 1 aliphatic carbocycles. The molecule has 0 aromatic carbocycles. The van der Waals surface area contributed by atoms with Gasteiger partial charge in [0.2, 0.25) is 0 Å². The summed E-state index contributed by atoms with van der Waals surface area (Å²) in [7, 11) is 0. The average Bonchev–Trinajstić information content (AvgIpc) is 3.27. The van der Waals surface area contributed by atoms with Crippen molar-refractivity contribution in [1.29, 1.82) is 0 Å². The maximum atomic E-state index is 2.75. The van der Waals surface area contributed by atoms with Crippen LogP contribution in [0.15, 0.2) is 0 Å². The second-order valence-electron chi connectivity index (χ2n) is 15.7. The Labute approximate surface area is 265 Å². The number of hydrogen-bond donors (Lipinski definition) is 0. The first-order valence-electron chi connectivity index (χ1n) is 18.6. The highest BCUT2D eigenvalue weighted by Gasteiger charge is 2.37. The third kappa shape index (κ3) is 12.7. The smallest absolute Gasteiger partial charge is 0.0101 e. The predicted octanol–water partition coefficient (Wildman–Crippen LogP) is 9.33. The highest BCUT2D eigenvalue weighted by molar-refractivity contribution is 4.93. The van der Waals surface area contributed by atoms with E-state index >= 15 is 0 Å². The van der Waals surface area contributed by atoms with Crippen molar-refractivity contribution in [2.75, 3.05) is 39.3 Å². The van der Waals surface area contributed by atoms with Crippen LogP contribution in [0.5, 0.6) is 0 Å². The van der Waals surface area contributed by atoms with E-state index < -0.39 is 0 Å². The van der Waals surface area contributed by atoms with E-state index in [1.54, 1.807) is 0 Å². The first kappa shape index (κ1) is 38.0. The van der Waals surface area contributed by atoms with E-state index in [1.807, 2.05) is 0 Å². The number of nitrogens with zero attached hydrogens (tertiary/aromatic N) is 4. The van der Waals surface area contributed by atoms with E-state index in [1.165, 1.54) is 136 Å². The summed E-state index contributed by atoms with van der Waals surface area (Å²) >= 11 is 0. The van der Waals surface area contributed by atoms with Gasteiger partial charge in [-0.15, -0.1) is 0 Å². The highest BCUT2D eigenvalue weighted by Crippen LogP contribution is 2.37. The van der Waals surface area contributed by atoms with Crippen LogP contribution >= 0.6 is 0 Å². The molecule has 4 atom stereocenters. The number of hydrogen-bond acceptors (Lipinski definition) is 4. The lowest BCUT2D eigenvalue weighted by molar-refractivity contribution is 0.104. The van der Waals surface area contributed by atoms with Crippen LogP contribution in [0.25, 0.3) is 0 Å². The molecule has 5 aliphatic heterocycles. The quantitative estimate of drug-likeness (QED) is 0.323. The van der Waals surface area contributed by atoms with Crippen LogP contribution < -0.4 is 0 Å². The van der Waals surface area contributed by atoms with Gasteiger partial charge in [0.15, 0.2) is 0 Å². The van der Waals surface area contributed by atoms with Gasteiger partial charge in [0.05, 0.1) is 0 Å². The van der Waals surface area contributed by atoms with Crippen LogP contribution in [0.2, 0.25) is 0 Å². The lowest BCUT2D eigenvalue weighted by Gasteiger charge is -2.37. The Bertz CT molecular complexity index is 634. The molecule has 0 aromatic heterocycles. The molecule has 4 nitrogen and oxygen atoms in total. The Morgan fingerprint density at radius 3 is 1.12 bits per heavy atom. The van der Waals surface area contributed by atoms with E-state index in [4.69, 9.17) is 0 Å². The van der Waals surface area contributed by atoms with Crippen molar-refractivity contribution in [3.8, 4) is 0 Å². The van der Waals surface area contributed by atoms with E-state index in [-0.39, 0.29) is 7.43 Å². The summed E-state index contributed by atoms with van der Waals surface area (Å²) < 4.78 is 0.